The van der Waals surface area contributed by atoms with Crippen LogP contribution in [-0.4, -0.2) is 11.0 Å². The van der Waals surface area contributed by atoms with Gasteiger partial charge in [0.2, 0.25) is 0 Å². The third-order valence-electron chi connectivity index (χ3n) is 4.16. The highest BCUT2D eigenvalue weighted by Gasteiger charge is 2.21. The van der Waals surface area contributed by atoms with E-state index in [1.807, 2.05) is 0 Å². The minimum Gasteiger partial charge on any atom is -0.309 e. The van der Waals surface area contributed by atoms with E-state index in [1.165, 1.54) is 31.7 Å². The lowest BCUT2D eigenvalue weighted by molar-refractivity contribution is -0.385. The summed E-state index contributed by atoms with van der Waals surface area (Å²) in [5, 5.41) is 15.0. The van der Waals surface area contributed by atoms with Gasteiger partial charge in [0.15, 0.2) is 0 Å². The molecule has 1 aliphatic rings. The molecule has 0 aromatic heterocycles. The van der Waals surface area contributed by atoms with Crippen molar-refractivity contribution in [2.45, 2.75) is 51.6 Å². The molecule has 0 heterocycles. The maximum atomic E-state index is 11.1. The Kier molecular flexibility index (Phi) is 5.38. The molecular formula is C15H21ClN2O2. The average Bonchev–Trinajstić information content (AvgIpc) is 2.62. The molecule has 1 N–H and O–H groups in total. The summed E-state index contributed by atoms with van der Waals surface area (Å²) < 4.78 is 0. The maximum absolute atomic E-state index is 11.1. The van der Waals surface area contributed by atoms with E-state index in [0.717, 1.165) is 6.42 Å². The van der Waals surface area contributed by atoms with Crippen molar-refractivity contribution < 1.29 is 4.92 Å². The first kappa shape index (κ1) is 15.3. The Morgan fingerprint density at radius 1 is 1.35 bits per heavy atom. The van der Waals surface area contributed by atoms with Gasteiger partial charge < -0.3 is 5.32 Å². The third-order valence-corrected chi connectivity index (χ3v) is 4.40. The summed E-state index contributed by atoms with van der Waals surface area (Å²) >= 11 is 5.83. The van der Waals surface area contributed by atoms with Crippen LogP contribution in [0.3, 0.4) is 0 Å². The van der Waals surface area contributed by atoms with Crippen LogP contribution in [0.2, 0.25) is 5.02 Å². The summed E-state index contributed by atoms with van der Waals surface area (Å²) in [6, 6.07) is 5.33. The van der Waals surface area contributed by atoms with E-state index < -0.39 is 0 Å². The van der Waals surface area contributed by atoms with Crippen molar-refractivity contribution in [1.29, 1.82) is 0 Å². The van der Waals surface area contributed by atoms with Crippen molar-refractivity contribution in [3.8, 4) is 0 Å². The van der Waals surface area contributed by atoms with E-state index in [-0.39, 0.29) is 10.6 Å². The fourth-order valence-corrected chi connectivity index (χ4v) is 3.06. The van der Waals surface area contributed by atoms with Gasteiger partial charge in [0.05, 0.1) is 4.92 Å². The lowest BCUT2D eigenvalue weighted by Gasteiger charge is -2.22. The molecule has 5 heteroatoms. The number of nitrogens with one attached hydrogen (secondary N) is 1. The Bertz CT molecular complexity index is 479. The second kappa shape index (κ2) is 7.04. The largest absolute Gasteiger partial charge is 0.309 e. The minimum absolute atomic E-state index is 0.103. The fourth-order valence-electron chi connectivity index (χ4n) is 2.89. The first-order valence-corrected chi connectivity index (χ1v) is 7.62. The molecule has 20 heavy (non-hydrogen) atoms. The smallest absolute Gasteiger partial charge is 0.275 e. The molecule has 0 spiro atoms. The van der Waals surface area contributed by atoms with Crippen molar-refractivity contribution in [1.82, 2.24) is 5.32 Å². The van der Waals surface area contributed by atoms with Crippen LogP contribution in [0.1, 0.15) is 44.6 Å². The van der Waals surface area contributed by atoms with Crippen molar-refractivity contribution in [3.05, 3.63) is 38.9 Å². The molecule has 1 aliphatic carbocycles. The maximum Gasteiger partial charge on any atom is 0.275 e. The SMILES string of the molecule is CC1CCCCCC1NCc1ccc(Cl)cc1[N+](=O)[O-]. The Morgan fingerprint density at radius 2 is 2.10 bits per heavy atom. The van der Waals surface area contributed by atoms with E-state index in [4.69, 9.17) is 11.6 Å². The second-order valence-electron chi connectivity index (χ2n) is 5.63. The summed E-state index contributed by atoms with van der Waals surface area (Å²) in [6.45, 7) is 2.79. The second-order valence-corrected chi connectivity index (χ2v) is 6.07. The monoisotopic (exact) mass is 296 g/mol. The van der Waals surface area contributed by atoms with Gasteiger partial charge in [-0.05, 0) is 30.9 Å². The lowest BCUT2D eigenvalue weighted by Crippen LogP contribution is -2.33. The number of rotatable bonds is 4. The van der Waals surface area contributed by atoms with Crippen molar-refractivity contribution >= 4 is 17.3 Å². The molecule has 2 rings (SSSR count). The molecule has 0 amide bonds. The first-order chi connectivity index (χ1) is 9.58. The molecule has 110 valence electrons. The molecular weight excluding hydrogens is 276 g/mol. The molecule has 2 unspecified atom stereocenters. The molecule has 0 bridgehead atoms. The normalized spacial score (nSPS) is 23.3. The topological polar surface area (TPSA) is 55.2 Å². The van der Waals surface area contributed by atoms with Gasteiger partial charge in [0.25, 0.3) is 5.69 Å². The molecule has 0 saturated heterocycles. The minimum atomic E-state index is -0.362. The number of halogens is 1. The van der Waals surface area contributed by atoms with Crippen LogP contribution in [-0.2, 0) is 6.54 Å². The van der Waals surface area contributed by atoms with Crippen LogP contribution in [0.25, 0.3) is 0 Å². The summed E-state index contributed by atoms with van der Waals surface area (Å²) in [4.78, 5) is 10.7. The zero-order valence-corrected chi connectivity index (χ0v) is 12.5. The van der Waals surface area contributed by atoms with Gasteiger partial charge in [0, 0.05) is 29.2 Å². The number of benzene rings is 1. The molecule has 0 aliphatic heterocycles. The molecule has 2 atom stereocenters. The molecule has 1 aromatic rings. The van der Waals surface area contributed by atoms with Crippen LogP contribution in [0.5, 0.6) is 0 Å². The molecule has 0 radical (unpaired) electrons. The van der Waals surface area contributed by atoms with Gasteiger partial charge in [-0.15, -0.1) is 0 Å². The summed E-state index contributed by atoms with van der Waals surface area (Å²) in [5.74, 6) is 0.629. The van der Waals surface area contributed by atoms with Crippen molar-refractivity contribution in [2.75, 3.05) is 0 Å². The summed E-state index contributed by atoms with van der Waals surface area (Å²) in [6.07, 6.45) is 6.22. The number of hydrogen-bond donors (Lipinski definition) is 1. The quantitative estimate of drug-likeness (QED) is 0.512. The molecule has 1 aromatic carbocycles. The predicted octanol–water partition coefficient (Wildman–Crippen LogP) is 4.31. The first-order valence-electron chi connectivity index (χ1n) is 7.24. The molecule has 4 nitrogen and oxygen atoms in total. The van der Waals surface area contributed by atoms with Crippen LogP contribution in [0, 0.1) is 16.0 Å². The van der Waals surface area contributed by atoms with Crippen molar-refractivity contribution in [2.24, 2.45) is 5.92 Å². The van der Waals surface area contributed by atoms with Gasteiger partial charge in [-0.1, -0.05) is 37.8 Å². The Morgan fingerprint density at radius 3 is 2.85 bits per heavy atom. The van der Waals surface area contributed by atoms with E-state index in [9.17, 15) is 10.1 Å². The van der Waals surface area contributed by atoms with Gasteiger partial charge in [0.1, 0.15) is 0 Å². The lowest BCUT2D eigenvalue weighted by atomic mass is 9.96. The number of hydrogen-bond acceptors (Lipinski definition) is 3. The van der Waals surface area contributed by atoms with Gasteiger partial charge in [-0.25, -0.2) is 0 Å². The number of nitro benzene ring substituents is 1. The van der Waals surface area contributed by atoms with E-state index >= 15 is 0 Å². The number of nitrogens with zero attached hydrogens (tertiary/aromatic N) is 1. The fraction of sp³-hybridized carbons (Fsp3) is 0.600. The summed E-state index contributed by atoms with van der Waals surface area (Å²) in [7, 11) is 0. The van der Waals surface area contributed by atoms with E-state index in [0.29, 0.717) is 29.1 Å². The van der Waals surface area contributed by atoms with Gasteiger partial charge in [-0.3, -0.25) is 10.1 Å². The average molecular weight is 297 g/mol. The highest BCUT2D eigenvalue weighted by molar-refractivity contribution is 6.30. The standard InChI is InChI=1S/C15H21ClN2O2/c1-11-5-3-2-4-6-14(11)17-10-12-7-8-13(16)9-15(12)18(19)20/h7-9,11,14,17H,2-6,10H2,1H3. The van der Waals surface area contributed by atoms with Crippen LogP contribution in [0.4, 0.5) is 5.69 Å². The van der Waals surface area contributed by atoms with E-state index in [1.54, 1.807) is 12.1 Å². The molecule has 1 fully saturated rings. The van der Waals surface area contributed by atoms with Crippen LogP contribution >= 0.6 is 11.6 Å². The van der Waals surface area contributed by atoms with Crippen LogP contribution in [0.15, 0.2) is 18.2 Å². The Labute approximate surface area is 124 Å². The Hall–Kier alpha value is -1.13. The van der Waals surface area contributed by atoms with Gasteiger partial charge >= 0.3 is 0 Å². The van der Waals surface area contributed by atoms with Gasteiger partial charge in [-0.2, -0.15) is 0 Å². The van der Waals surface area contributed by atoms with Crippen LogP contribution < -0.4 is 5.32 Å². The van der Waals surface area contributed by atoms with Crippen molar-refractivity contribution in [3.63, 3.8) is 0 Å². The Balaban J connectivity index is 2.04. The third kappa shape index (κ3) is 3.93. The highest BCUT2D eigenvalue weighted by Crippen LogP contribution is 2.26. The molecule has 1 saturated carbocycles. The number of nitro groups is 1. The predicted molar refractivity (Wildman–Crippen MR) is 81.0 cm³/mol. The summed E-state index contributed by atoms with van der Waals surface area (Å²) in [5.41, 5.74) is 0.808. The van der Waals surface area contributed by atoms with E-state index in [2.05, 4.69) is 12.2 Å². The highest BCUT2D eigenvalue weighted by atomic mass is 35.5. The zero-order chi connectivity index (χ0) is 14.5. The zero-order valence-electron chi connectivity index (χ0n) is 11.8.